The molecule has 1 fully saturated rings. The van der Waals surface area contributed by atoms with Gasteiger partial charge in [-0.1, -0.05) is 60.7 Å². The van der Waals surface area contributed by atoms with E-state index in [1.165, 1.54) is 17.5 Å². The summed E-state index contributed by atoms with van der Waals surface area (Å²) in [6.45, 7) is 2.14. The largest absolute Gasteiger partial charge is 0.341 e. The zero-order valence-electron chi connectivity index (χ0n) is 14.6. The fourth-order valence-electron chi connectivity index (χ4n) is 3.40. The highest BCUT2D eigenvalue weighted by Gasteiger charge is 2.23. The van der Waals surface area contributed by atoms with Gasteiger partial charge >= 0.3 is 0 Å². The minimum absolute atomic E-state index is 0.0302. The Hall–Kier alpha value is -2.17. The van der Waals surface area contributed by atoms with E-state index in [-0.39, 0.29) is 11.9 Å². The van der Waals surface area contributed by atoms with Crippen LogP contribution in [0.1, 0.15) is 36.4 Å². The van der Waals surface area contributed by atoms with E-state index >= 15 is 0 Å². The van der Waals surface area contributed by atoms with E-state index in [1.54, 1.807) is 0 Å². The van der Waals surface area contributed by atoms with Gasteiger partial charge in [-0.15, -0.1) is 0 Å². The van der Waals surface area contributed by atoms with Crippen molar-refractivity contribution >= 4 is 5.91 Å². The van der Waals surface area contributed by atoms with Crippen LogP contribution in [-0.2, 0) is 4.79 Å². The quantitative estimate of drug-likeness (QED) is 0.852. The molecule has 4 heteroatoms. The third-order valence-corrected chi connectivity index (χ3v) is 4.79. The number of carbonyl (C=O) groups excluding carboxylic acids is 1. The highest BCUT2D eigenvalue weighted by Crippen LogP contribution is 2.21. The molecule has 0 aliphatic carbocycles. The lowest BCUT2D eigenvalue weighted by molar-refractivity contribution is -0.133. The molecule has 1 amide bonds. The maximum atomic E-state index is 12.5. The zero-order valence-corrected chi connectivity index (χ0v) is 14.6. The fraction of sp³-hybridized carbons (Fsp3) is 0.381. The maximum absolute atomic E-state index is 12.5. The smallest absolute Gasteiger partial charge is 0.240 e. The topological polar surface area (TPSA) is 58.4 Å². The summed E-state index contributed by atoms with van der Waals surface area (Å²) in [7, 11) is 0. The van der Waals surface area contributed by atoms with Crippen LogP contribution in [0.3, 0.4) is 0 Å². The summed E-state index contributed by atoms with van der Waals surface area (Å²) < 4.78 is 0. The summed E-state index contributed by atoms with van der Waals surface area (Å²) in [5.74, 6) is 0.0621. The van der Waals surface area contributed by atoms with Crippen LogP contribution < -0.4 is 11.1 Å². The Labute approximate surface area is 150 Å². The van der Waals surface area contributed by atoms with Crippen molar-refractivity contribution in [2.45, 2.75) is 31.3 Å². The summed E-state index contributed by atoms with van der Waals surface area (Å²) in [5.41, 5.74) is 8.54. The van der Waals surface area contributed by atoms with Gasteiger partial charge in [-0.05, 0) is 30.4 Å². The molecule has 3 rings (SSSR count). The van der Waals surface area contributed by atoms with E-state index in [4.69, 9.17) is 5.73 Å². The standard InChI is InChI=1S/C21H27N3O/c22-19(21(25)24-14-8-3-9-15-24)16-23-20(17-10-4-1-5-11-17)18-12-6-2-7-13-18/h1-2,4-7,10-13,19-20,23H,3,8-9,14-16,22H2. The van der Waals surface area contributed by atoms with Crippen LogP contribution in [0.5, 0.6) is 0 Å². The first-order valence-corrected chi connectivity index (χ1v) is 9.13. The van der Waals surface area contributed by atoms with Crippen molar-refractivity contribution in [3.63, 3.8) is 0 Å². The molecule has 25 heavy (non-hydrogen) atoms. The third kappa shape index (κ3) is 4.68. The number of piperidine rings is 1. The maximum Gasteiger partial charge on any atom is 0.240 e. The second kappa shape index (κ2) is 8.79. The number of hydrogen-bond acceptors (Lipinski definition) is 3. The molecule has 2 aromatic carbocycles. The van der Waals surface area contributed by atoms with E-state index < -0.39 is 6.04 Å². The molecule has 132 valence electrons. The average Bonchev–Trinajstić information content (AvgIpc) is 2.70. The van der Waals surface area contributed by atoms with Gasteiger partial charge in [-0.25, -0.2) is 0 Å². The van der Waals surface area contributed by atoms with E-state index in [0.717, 1.165) is 25.9 Å². The summed E-state index contributed by atoms with van der Waals surface area (Å²) in [5, 5.41) is 3.50. The summed E-state index contributed by atoms with van der Waals surface area (Å²) in [4.78, 5) is 14.5. The van der Waals surface area contributed by atoms with Crippen molar-refractivity contribution in [1.82, 2.24) is 10.2 Å². The summed E-state index contributed by atoms with van der Waals surface area (Å²) in [6, 6.07) is 20.1. The predicted molar refractivity (Wildman–Crippen MR) is 101 cm³/mol. The minimum atomic E-state index is -0.506. The van der Waals surface area contributed by atoms with Gasteiger partial charge in [0.05, 0.1) is 12.1 Å². The Kier molecular flexibility index (Phi) is 6.20. The Bertz CT molecular complexity index is 614. The number of nitrogens with two attached hydrogens (primary N) is 1. The highest BCUT2D eigenvalue weighted by molar-refractivity contribution is 5.82. The van der Waals surface area contributed by atoms with Crippen LogP contribution in [0.2, 0.25) is 0 Å². The Morgan fingerprint density at radius 3 is 1.96 bits per heavy atom. The minimum Gasteiger partial charge on any atom is -0.341 e. The monoisotopic (exact) mass is 337 g/mol. The molecular formula is C21H27N3O. The Morgan fingerprint density at radius 2 is 1.44 bits per heavy atom. The third-order valence-electron chi connectivity index (χ3n) is 4.79. The molecule has 1 aliphatic rings. The van der Waals surface area contributed by atoms with E-state index in [9.17, 15) is 4.79 Å². The van der Waals surface area contributed by atoms with Crippen molar-refractivity contribution < 1.29 is 4.79 Å². The molecule has 0 bridgehead atoms. The molecule has 0 aromatic heterocycles. The first-order valence-electron chi connectivity index (χ1n) is 9.13. The Balaban J connectivity index is 1.67. The molecule has 1 atom stereocenters. The van der Waals surface area contributed by atoms with Crippen molar-refractivity contribution in [2.75, 3.05) is 19.6 Å². The Morgan fingerprint density at radius 1 is 0.920 bits per heavy atom. The SMILES string of the molecule is NC(CNC(c1ccccc1)c1ccccc1)C(=O)N1CCCCC1. The normalized spacial score (nSPS) is 16.0. The molecule has 1 aliphatic heterocycles. The molecule has 0 saturated carbocycles. The molecule has 1 unspecified atom stereocenters. The number of nitrogens with one attached hydrogen (secondary N) is 1. The van der Waals surface area contributed by atoms with Gasteiger partial charge in [-0.2, -0.15) is 0 Å². The molecule has 1 heterocycles. The molecule has 0 spiro atoms. The number of amides is 1. The van der Waals surface area contributed by atoms with Crippen LogP contribution >= 0.6 is 0 Å². The summed E-state index contributed by atoms with van der Waals surface area (Å²) in [6.07, 6.45) is 3.38. The predicted octanol–water partition coefficient (Wildman–Crippen LogP) is 2.71. The number of carbonyl (C=O) groups is 1. The lowest BCUT2D eigenvalue weighted by atomic mass is 9.98. The first-order chi connectivity index (χ1) is 12.3. The van der Waals surface area contributed by atoms with Gasteiger partial charge in [0, 0.05) is 19.6 Å². The lowest BCUT2D eigenvalue weighted by Crippen LogP contribution is -2.50. The molecule has 2 aromatic rings. The van der Waals surface area contributed by atoms with Gasteiger partial charge < -0.3 is 16.0 Å². The second-order valence-electron chi connectivity index (χ2n) is 6.66. The fourth-order valence-corrected chi connectivity index (χ4v) is 3.40. The van der Waals surface area contributed by atoms with Crippen LogP contribution in [0, 0.1) is 0 Å². The number of benzene rings is 2. The van der Waals surface area contributed by atoms with Gasteiger partial charge in [0.1, 0.15) is 0 Å². The van der Waals surface area contributed by atoms with Crippen molar-refractivity contribution in [1.29, 1.82) is 0 Å². The number of rotatable bonds is 6. The molecule has 3 N–H and O–H groups in total. The van der Waals surface area contributed by atoms with E-state index in [1.807, 2.05) is 41.3 Å². The number of hydrogen-bond donors (Lipinski definition) is 2. The average molecular weight is 337 g/mol. The van der Waals surface area contributed by atoms with E-state index in [0.29, 0.717) is 6.54 Å². The molecular weight excluding hydrogens is 310 g/mol. The van der Waals surface area contributed by atoms with Crippen LogP contribution in [-0.4, -0.2) is 36.5 Å². The van der Waals surface area contributed by atoms with Gasteiger partial charge in [0.15, 0.2) is 0 Å². The summed E-state index contributed by atoms with van der Waals surface area (Å²) >= 11 is 0. The number of likely N-dealkylation sites (tertiary alicyclic amines) is 1. The van der Waals surface area contributed by atoms with Crippen LogP contribution in [0.4, 0.5) is 0 Å². The first kappa shape index (κ1) is 17.6. The second-order valence-corrected chi connectivity index (χ2v) is 6.66. The zero-order chi connectivity index (χ0) is 17.5. The van der Waals surface area contributed by atoms with Crippen LogP contribution in [0.15, 0.2) is 60.7 Å². The lowest BCUT2D eigenvalue weighted by Gasteiger charge is -2.30. The van der Waals surface area contributed by atoms with Crippen molar-refractivity contribution in [2.24, 2.45) is 5.73 Å². The number of nitrogens with zero attached hydrogens (tertiary/aromatic N) is 1. The van der Waals surface area contributed by atoms with Gasteiger partial charge in [0.2, 0.25) is 5.91 Å². The van der Waals surface area contributed by atoms with Crippen molar-refractivity contribution in [3.05, 3.63) is 71.8 Å². The molecule has 4 nitrogen and oxygen atoms in total. The van der Waals surface area contributed by atoms with E-state index in [2.05, 4.69) is 29.6 Å². The highest BCUT2D eigenvalue weighted by atomic mass is 16.2. The molecule has 0 radical (unpaired) electrons. The van der Waals surface area contributed by atoms with Crippen molar-refractivity contribution in [3.8, 4) is 0 Å². The van der Waals surface area contributed by atoms with Gasteiger partial charge in [0.25, 0.3) is 0 Å². The van der Waals surface area contributed by atoms with Crippen LogP contribution in [0.25, 0.3) is 0 Å². The van der Waals surface area contributed by atoms with Gasteiger partial charge in [-0.3, -0.25) is 4.79 Å². The molecule has 1 saturated heterocycles.